The van der Waals surface area contributed by atoms with Gasteiger partial charge in [0.2, 0.25) is 0 Å². The normalized spacial score (nSPS) is 11.9. The number of nitrogens with two attached hydrogens (primary N) is 1. The highest BCUT2D eigenvalue weighted by Crippen LogP contribution is 2.31. The summed E-state index contributed by atoms with van der Waals surface area (Å²) < 4.78 is 0. The fourth-order valence-corrected chi connectivity index (χ4v) is 3.62. The molecule has 29 heavy (non-hydrogen) atoms. The fraction of sp³-hybridized carbons (Fsp3) is 0.286. The van der Waals surface area contributed by atoms with Crippen molar-refractivity contribution in [2.24, 2.45) is 5.73 Å². The van der Waals surface area contributed by atoms with Crippen LogP contribution in [0.25, 0.3) is 0 Å². The van der Waals surface area contributed by atoms with Gasteiger partial charge in [0.1, 0.15) is 0 Å². The summed E-state index contributed by atoms with van der Waals surface area (Å²) in [7, 11) is 0. The Morgan fingerprint density at radius 2 is 2.03 bits per heavy atom. The fourth-order valence-electron chi connectivity index (χ4n) is 3.32. The molecule has 0 saturated carbocycles. The SMILES string of the molecule is N=C(N)N(CCCc1cnc[nH]1)CCC(c1ccc(Cl)c(Cl)c1)c1ccccn1. The molecule has 1 unspecified atom stereocenters. The Kier molecular flexibility index (Phi) is 7.49. The molecule has 0 radical (unpaired) electrons. The van der Waals surface area contributed by atoms with Crippen LogP contribution in [0.5, 0.6) is 0 Å². The molecule has 0 aliphatic heterocycles. The lowest BCUT2D eigenvalue weighted by Crippen LogP contribution is -2.38. The van der Waals surface area contributed by atoms with E-state index in [0.29, 0.717) is 23.1 Å². The lowest BCUT2D eigenvalue weighted by molar-refractivity contribution is 0.386. The zero-order valence-corrected chi connectivity index (χ0v) is 17.5. The molecule has 1 atom stereocenters. The predicted molar refractivity (Wildman–Crippen MR) is 118 cm³/mol. The minimum atomic E-state index is 0.0282. The molecule has 3 rings (SSSR count). The van der Waals surface area contributed by atoms with Crippen LogP contribution in [0.4, 0.5) is 0 Å². The van der Waals surface area contributed by atoms with Crippen LogP contribution in [0.1, 0.15) is 35.7 Å². The number of hydrogen-bond donors (Lipinski definition) is 3. The van der Waals surface area contributed by atoms with E-state index in [1.807, 2.05) is 47.5 Å². The number of aryl methyl sites for hydroxylation is 1. The van der Waals surface area contributed by atoms with Gasteiger partial charge in [-0.2, -0.15) is 0 Å². The number of imidazole rings is 1. The predicted octanol–water partition coefficient (Wildman–Crippen LogP) is 4.46. The smallest absolute Gasteiger partial charge is 0.188 e. The zero-order valence-electron chi connectivity index (χ0n) is 16.0. The number of nitrogens with zero attached hydrogens (tertiary/aromatic N) is 3. The van der Waals surface area contributed by atoms with Crippen molar-refractivity contribution in [2.45, 2.75) is 25.2 Å². The van der Waals surface area contributed by atoms with Crippen molar-refractivity contribution in [3.8, 4) is 0 Å². The maximum atomic E-state index is 7.95. The summed E-state index contributed by atoms with van der Waals surface area (Å²) in [6.07, 6.45) is 7.76. The van der Waals surface area contributed by atoms with Gasteiger partial charge in [-0.15, -0.1) is 0 Å². The number of aromatic nitrogens is 3. The molecule has 0 spiro atoms. The summed E-state index contributed by atoms with van der Waals surface area (Å²) in [6.45, 7) is 1.34. The highest BCUT2D eigenvalue weighted by Gasteiger charge is 2.19. The molecule has 8 heteroatoms. The Labute approximate surface area is 180 Å². The average molecular weight is 431 g/mol. The number of H-pyrrole nitrogens is 1. The third kappa shape index (κ3) is 5.95. The molecule has 0 aliphatic carbocycles. The van der Waals surface area contributed by atoms with Crippen molar-refractivity contribution in [2.75, 3.05) is 13.1 Å². The Morgan fingerprint density at radius 1 is 1.17 bits per heavy atom. The second-order valence-electron chi connectivity index (χ2n) is 6.82. The minimum Gasteiger partial charge on any atom is -0.370 e. The maximum absolute atomic E-state index is 7.95. The number of benzene rings is 1. The zero-order chi connectivity index (χ0) is 20.6. The van der Waals surface area contributed by atoms with E-state index in [1.165, 1.54) is 0 Å². The van der Waals surface area contributed by atoms with Crippen molar-refractivity contribution in [1.82, 2.24) is 19.9 Å². The third-order valence-corrected chi connectivity index (χ3v) is 5.59. The van der Waals surface area contributed by atoms with Crippen molar-refractivity contribution < 1.29 is 0 Å². The van der Waals surface area contributed by atoms with Crippen molar-refractivity contribution in [3.05, 3.63) is 82.1 Å². The van der Waals surface area contributed by atoms with Crippen molar-refractivity contribution in [3.63, 3.8) is 0 Å². The summed E-state index contributed by atoms with van der Waals surface area (Å²) in [5.41, 5.74) is 8.91. The van der Waals surface area contributed by atoms with Gasteiger partial charge in [-0.25, -0.2) is 4.98 Å². The third-order valence-electron chi connectivity index (χ3n) is 4.85. The number of halogens is 2. The molecular weight excluding hydrogens is 407 g/mol. The van der Waals surface area contributed by atoms with Crippen LogP contribution >= 0.6 is 23.2 Å². The first-order valence-corrected chi connectivity index (χ1v) is 10.2. The Bertz CT molecular complexity index is 914. The first-order chi connectivity index (χ1) is 14.0. The molecule has 1 aromatic carbocycles. The van der Waals surface area contributed by atoms with Gasteiger partial charge < -0.3 is 15.6 Å². The van der Waals surface area contributed by atoms with E-state index in [9.17, 15) is 0 Å². The lowest BCUT2D eigenvalue weighted by atomic mass is 9.91. The van der Waals surface area contributed by atoms with E-state index in [2.05, 4.69) is 15.0 Å². The van der Waals surface area contributed by atoms with E-state index in [4.69, 9.17) is 34.3 Å². The van der Waals surface area contributed by atoms with Crippen molar-refractivity contribution in [1.29, 1.82) is 5.41 Å². The second kappa shape index (κ2) is 10.3. The molecule has 2 aromatic heterocycles. The molecule has 6 nitrogen and oxygen atoms in total. The molecule has 0 fully saturated rings. The van der Waals surface area contributed by atoms with Gasteiger partial charge in [0.25, 0.3) is 0 Å². The number of guanidine groups is 1. The molecule has 2 heterocycles. The maximum Gasteiger partial charge on any atom is 0.188 e. The number of pyridine rings is 1. The van der Waals surface area contributed by atoms with Gasteiger partial charge in [-0.05, 0) is 49.1 Å². The number of nitrogens with one attached hydrogen (secondary N) is 2. The lowest BCUT2D eigenvalue weighted by Gasteiger charge is -2.26. The van der Waals surface area contributed by atoms with E-state index in [1.54, 1.807) is 12.5 Å². The topological polar surface area (TPSA) is 94.7 Å². The van der Waals surface area contributed by atoms with Gasteiger partial charge in [0.15, 0.2) is 5.96 Å². The molecule has 0 amide bonds. The molecule has 3 aromatic rings. The van der Waals surface area contributed by atoms with Gasteiger partial charge in [-0.1, -0.05) is 35.3 Å². The summed E-state index contributed by atoms with van der Waals surface area (Å²) >= 11 is 12.3. The minimum absolute atomic E-state index is 0.0282. The van der Waals surface area contributed by atoms with E-state index < -0.39 is 0 Å². The van der Waals surface area contributed by atoms with Crippen LogP contribution in [0, 0.1) is 5.41 Å². The highest BCUT2D eigenvalue weighted by atomic mass is 35.5. The Morgan fingerprint density at radius 3 is 2.69 bits per heavy atom. The highest BCUT2D eigenvalue weighted by molar-refractivity contribution is 6.42. The number of rotatable bonds is 9. The van der Waals surface area contributed by atoms with Crippen LogP contribution in [0.2, 0.25) is 10.0 Å². The van der Waals surface area contributed by atoms with Crippen LogP contribution in [-0.2, 0) is 6.42 Å². The molecule has 152 valence electrons. The molecule has 0 bridgehead atoms. The summed E-state index contributed by atoms with van der Waals surface area (Å²) in [4.78, 5) is 13.6. The van der Waals surface area contributed by atoms with Crippen LogP contribution < -0.4 is 5.73 Å². The van der Waals surface area contributed by atoms with Gasteiger partial charge in [0.05, 0.1) is 16.4 Å². The first kappa shape index (κ1) is 21.1. The number of aromatic amines is 1. The second-order valence-corrected chi connectivity index (χ2v) is 7.64. The Balaban J connectivity index is 1.70. The van der Waals surface area contributed by atoms with Gasteiger partial charge in [-0.3, -0.25) is 10.4 Å². The van der Waals surface area contributed by atoms with E-state index in [-0.39, 0.29) is 11.9 Å². The summed E-state index contributed by atoms with van der Waals surface area (Å²) in [5, 5.41) is 9.00. The number of hydrogen-bond acceptors (Lipinski definition) is 3. The quantitative estimate of drug-likeness (QED) is 0.344. The molecule has 0 saturated heterocycles. The van der Waals surface area contributed by atoms with Crippen molar-refractivity contribution >= 4 is 29.2 Å². The molecule has 4 N–H and O–H groups in total. The summed E-state index contributed by atoms with van der Waals surface area (Å²) in [6, 6.07) is 11.5. The monoisotopic (exact) mass is 430 g/mol. The standard InChI is InChI=1S/C21H24Cl2N6/c22-18-7-6-15(12-19(18)23)17(20-5-1-2-9-27-20)8-11-29(21(24)25)10-3-4-16-13-26-14-28-16/h1-2,5-7,9,12-14,17H,3-4,8,10-11H2,(H3,24,25)(H,26,28). The van der Waals surface area contributed by atoms with E-state index in [0.717, 1.165) is 36.2 Å². The van der Waals surface area contributed by atoms with E-state index >= 15 is 0 Å². The van der Waals surface area contributed by atoms with Crippen LogP contribution in [0.3, 0.4) is 0 Å². The van der Waals surface area contributed by atoms with Crippen LogP contribution in [-0.4, -0.2) is 38.9 Å². The first-order valence-electron chi connectivity index (χ1n) is 9.46. The molecular formula is C21H24Cl2N6. The summed E-state index contributed by atoms with van der Waals surface area (Å²) in [5.74, 6) is 0.101. The largest absolute Gasteiger partial charge is 0.370 e. The van der Waals surface area contributed by atoms with Crippen LogP contribution in [0.15, 0.2) is 55.1 Å². The average Bonchev–Trinajstić information content (AvgIpc) is 3.23. The Hall–Kier alpha value is -2.57. The molecule has 0 aliphatic rings. The van der Waals surface area contributed by atoms with Gasteiger partial charge in [0, 0.05) is 42.8 Å². The van der Waals surface area contributed by atoms with Gasteiger partial charge >= 0.3 is 0 Å².